The molecular formula is C30H30Cl3N3O4. The lowest BCUT2D eigenvalue weighted by Gasteiger charge is -2.34. The molecule has 4 aliphatic rings. The van der Waals surface area contributed by atoms with Gasteiger partial charge in [-0.1, -0.05) is 84.4 Å². The van der Waals surface area contributed by atoms with E-state index < -0.39 is 29.6 Å². The van der Waals surface area contributed by atoms with Crippen LogP contribution in [0.15, 0.2) is 54.6 Å². The molecule has 0 radical (unpaired) electrons. The Labute approximate surface area is 248 Å². The molecule has 1 saturated carbocycles. The van der Waals surface area contributed by atoms with Gasteiger partial charge in [-0.05, 0) is 49.1 Å². The van der Waals surface area contributed by atoms with Crippen LogP contribution in [-0.2, 0) is 25.5 Å². The van der Waals surface area contributed by atoms with Gasteiger partial charge in [0, 0.05) is 23.3 Å². The third-order valence-electron chi connectivity index (χ3n) is 8.64. The van der Waals surface area contributed by atoms with E-state index in [4.69, 9.17) is 39.5 Å². The maximum atomic E-state index is 14.1. The highest BCUT2D eigenvalue weighted by atomic mass is 35.5. The highest BCUT2D eigenvalue weighted by Gasteiger charge is 2.72. The molecular weight excluding hydrogens is 573 g/mol. The van der Waals surface area contributed by atoms with Gasteiger partial charge in [0.2, 0.25) is 17.7 Å². The molecule has 6 rings (SSSR count). The van der Waals surface area contributed by atoms with E-state index in [0.29, 0.717) is 27.2 Å². The standard InChI is InChI=1S/C30H30Cl3N3O4/c31-20-9-5-4-6-17(20)13-15-36-26(28(38)34-18-7-2-1-3-8-18)30-14-12-23(40-30)24(25(30)29(36)39)27(37)35-19-10-11-21(32)22(33)16-19/h4-6,9-12,14,16,18,23-26H,1-3,7-8,13,15H2,(H,34,38)(H,35,37)/t23-,24-,25-,26+,30-/m0/s1. The molecule has 2 N–H and O–H groups in total. The minimum absolute atomic E-state index is 0.0635. The van der Waals surface area contributed by atoms with Crippen molar-refractivity contribution in [2.24, 2.45) is 11.8 Å². The SMILES string of the molecule is O=C(Nc1ccc(Cl)c(Cl)c1)[C@H]1[C@@H]2C=C[C@]3(O2)[C@@H]1C(=O)N(CCc1ccccc1Cl)[C@@H]3C(=O)NC1CCCCC1. The first-order valence-electron chi connectivity index (χ1n) is 13.8. The van der Waals surface area contributed by atoms with Crippen molar-refractivity contribution in [2.75, 3.05) is 11.9 Å². The molecule has 40 heavy (non-hydrogen) atoms. The van der Waals surface area contributed by atoms with Crippen molar-refractivity contribution in [1.82, 2.24) is 10.2 Å². The van der Waals surface area contributed by atoms with Gasteiger partial charge in [0.1, 0.15) is 11.6 Å². The number of fused-ring (bicyclic) bond motifs is 1. The predicted molar refractivity (Wildman–Crippen MR) is 154 cm³/mol. The number of hydrogen-bond donors (Lipinski definition) is 2. The molecule has 1 spiro atoms. The van der Waals surface area contributed by atoms with E-state index in [0.717, 1.165) is 37.7 Å². The van der Waals surface area contributed by atoms with Crippen molar-refractivity contribution < 1.29 is 19.1 Å². The number of nitrogens with zero attached hydrogens (tertiary/aromatic N) is 1. The Bertz CT molecular complexity index is 1380. The summed E-state index contributed by atoms with van der Waals surface area (Å²) < 4.78 is 6.43. The van der Waals surface area contributed by atoms with Crippen LogP contribution in [0.4, 0.5) is 5.69 Å². The topological polar surface area (TPSA) is 87.7 Å². The Morgan fingerprint density at radius 1 is 0.975 bits per heavy atom. The van der Waals surface area contributed by atoms with Crippen LogP contribution < -0.4 is 10.6 Å². The first-order chi connectivity index (χ1) is 19.3. The number of amides is 3. The van der Waals surface area contributed by atoms with Crippen LogP contribution in [0.25, 0.3) is 0 Å². The molecule has 2 aromatic rings. The Kier molecular flexibility index (Phi) is 7.59. The molecule has 2 bridgehead atoms. The van der Waals surface area contributed by atoms with Gasteiger partial charge in [0.15, 0.2) is 0 Å². The summed E-state index contributed by atoms with van der Waals surface area (Å²) >= 11 is 18.6. The lowest BCUT2D eigenvalue weighted by atomic mass is 9.74. The number of anilines is 1. The van der Waals surface area contributed by atoms with Gasteiger partial charge in [0.25, 0.3) is 0 Å². The Hall–Kier alpha value is -2.58. The fraction of sp³-hybridized carbons (Fsp3) is 0.433. The number of rotatable bonds is 7. The van der Waals surface area contributed by atoms with E-state index in [1.54, 1.807) is 35.2 Å². The van der Waals surface area contributed by atoms with E-state index in [-0.39, 0.29) is 30.3 Å². The van der Waals surface area contributed by atoms with E-state index in [1.807, 2.05) is 24.3 Å². The lowest BCUT2D eigenvalue weighted by Crippen LogP contribution is -2.56. The molecule has 3 aliphatic heterocycles. The lowest BCUT2D eigenvalue weighted by molar-refractivity contribution is -0.141. The van der Waals surface area contributed by atoms with Crippen molar-refractivity contribution in [3.05, 3.63) is 75.2 Å². The number of carbonyl (C=O) groups is 3. The Morgan fingerprint density at radius 3 is 2.50 bits per heavy atom. The van der Waals surface area contributed by atoms with Crippen LogP contribution in [0.3, 0.4) is 0 Å². The zero-order chi connectivity index (χ0) is 28.0. The predicted octanol–water partition coefficient (Wildman–Crippen LogP) is 5.43. The molecule has 1 aliphatic carbocycles. The minimum atomic E-state index is -1.22. The van der Waals surface area contributed by atoms with E-state index in [9.17, 15) is 14.4 Å². The molecule has 3 heterocycles. The summed E-state index contributed by atoms with van der Waals surface area (Å²) in [5, 5.41) is 7.36. The number of carbonyl (C=O) groups excluding carboxylic acids is 3. The smallest absolute Gasteiger partial charge is 0.246 e. The van der Waals surface area contributed by atoms with Crippen LogP contribution in [0, 0.1) is 11.8 Å². The normalized spacial score (nSPS) is 29.1. The number of halogens is 3. The van der Waals surface area contributed by atoms with Crippen LogP contribution >= 0.6 is 34.8 Å². The zero-order valence-corrected chi connectivity index (χ0v) is 24.0. The van der Waals surface area contributed by atoms with Gasteiger partial charge in [-0.25, -0.2) is 0 Å². The minimum Gasteiger partial charge on any atom is -0.359 e. The molecule has 3 amide bonds. The zero-order valence-electron chi connectivity index (χ0n) is 21.7. The van der Waals surface area contributed by atoms with Crippen molar-refractivity contribution in [3.63, 3.8) is 0 Å². The van der Waals surface area contributed by atoms with E-state index >= 15 is 0 Å². The Morgan fingerprint density at radius 2 is 1.75 bits per heavy atom. The third kappa shape index (κ3) is 4.81. The second-order valence-electron chi connectivity index (χ2n) is 11.0. The number of likely N-dealkylation sites (tertiary alicyclic amines) is 1. The molecule has 0 unspecified atom stereocenters. The second-order valence-corrected chi connectivity index (χ2v) is 12.3. The number of hydrogen-bond acceptors (Lipinski definition) is 4. The highest BCUT2D eigenvalue weighted by Crippen LogP contribution is 2.55. The monoisotopic (exact) mass is 601 g/mol. The molecule has 5 atom stereocenters. The summed E-state index contributed by atoms with van der Waals surface area (Å²) in [4.78, 5) is 43.3. The van der Waals surface area contributed by atoms with Gasteiger partial charge >= 0.3 is 0 Å². The maximum absolute atomic E-state index is 14.1. The largest absolute Gasteiger partial charge is 0.359 e. The van der Waals surface area contributed by atoms with Crippen molar-refractivity contribution in [3.8, 4) is 0 Å². The molecule has 7 nitrogen and oxygen atoms in total. The quantitative estimate of drug-likeness (QED) is 0.414. The van der Waals surface area contributed by atoms with Gasteiger partial charge in [-0.15, -0.1) is 0 Å². The van der Waals surface area contributed by atoms with E-state index in [2.05, 4.69) is 10.6 Å². The molecule has 2 aromatic carbocycles. The Balaban J connectivity index is 1.30. The summed E-state index contributed by atoms with van der Waals surface area (Å²) in [7, 11) is 0. The highest BCUT2D eigenvalue weighted by molar-refractivity contribution is 6.42. The van der Waals surface area contributed by atoms with E-state index in [1.165, 1.54) is 0 Å². The van der Waals surface area contributed by atoms with Crippen LogP contribution in [-0.4, -0.2) is 53.0 Å². The summed E-state index contributed by atoms with van der Waals surface area (Å²) in [6.45, 7) is 0.270. The summed E-state index contributed by atoms with van der Waals surface area (Å²) in [5.74, 6) is -2.51. The molecule has 10 heteroatoms. The van der Waals surface area contributed by atoms with Crippen LogP contribution in [0.2, 0.25) is 15.1 Å². The van der Waals surface area contributed by atoms with Crippen LogP contribution in [0.5, 0.6) is 0 Å². The fourth-order valence-corrected chi connectivity index (χ4v) is 7.30. The summed E-state index contributed by atoms with van der Waals surface area (Å²) in [6.07, 6.45) is 8.59. The second kappa shape index (κ2) is 11.0. The summed E-state index contributed by atoms with van der Waals surface area (Å²) in [6, 6.07) is 11.4. The third-order valence-corrected chi connectivity index (χ3v) is 9.75. The number of benzene rings is 2. The number of ether oxygens (including phenoxy) is 1. The van der Waals surface area contributed by atoms with Gasteiger partial charge < -0.3 is 20.3 Å². The first-order valence-corrected chi connectivity index (χ1v) is 14.9. The number of nitrogens with one attached hydrogen (secondary N) is 2. The van der Waals surface area contributed by atoms with Gasteiger partial charge in [-0.2, -0.15) is 0 Å². The van der Waals surface area contributed by atoms with Crippen molar-refractivity contribution >= 4 is 58.2 Å². The maximum Gasteiger partial charge on any atom is 0.246 e. The fourth-order valence-electron chi connectivity index (χ4n) is 6.78. The van der Waals surface area contributed by atoms with Crippen LogP contribution in [0.1, 0.15) is 37.7 Å². The van der Waals surface area contributed by atoms with Gasteiger partial charge in [0.05, 0.1) is 28.0 Å². The first kappa shape index (κ1) is 27.6. The molecule has 2 saturated heterocycles. The molecule has 3 fully saturated rings. The average Bonchev–Trinajstić information content (AvgIpc) is 3.58. The molecule has 0 aromatic heterocycles. The van der Waals surface area contributed by atoms with Crippen molar-refractivity contribution in [2.45, 2.75) is 62.3 Å². The summed E-state index contributed by atoms with van der Waals surface area (Å²) in [5.41, 5.74) is 0.126. The van der Waals surface area contributed by atoms with Crippen molar-refractivity contribution in [1.29, 1.82) is 0 Å². The average molecular weight is 603 g/mol. The van der Waals surface area contributed by atoms with Gasteiger partial charge in [-0.3, -0.25) is 14.4 Å². The molecule has 210 valence electrons.